The molecule has 0 N–H and O–H groups in total. The zero-order valence-corrected chi connectivity index (χ0v) is 14.5. The second-order valence-electron chi connectivity index (χ2n) is 4.32. The first-order valence-corrected chi connectivity index (χ1v) is 9.08. The van der Waals surface area contributed by atoms with Crippen LogP contribution in [-0.4, -0.2) is 36.9 Å². The Morgan fingerprint density at radius 3 is 2.71 bits per heavy atom. The molecule has 0 aliphatic rings. The summed E-state index contributed by atoms with van der Waals surface area (Å²) >= 11 is 3.48. The third-order valence-corrected chi connectivity index (χ3v) is 5.09. The van der Waals surface area contributed by atoms with Gasteiger partial charge in [0.1, 0.15) is 0 Å². The number of aromatic nitrogens is 3. The Bertz CT molecular complexity index is 761. The smallest absolute Gasteiger partial charge is 0.296 e. The molecule has 0 fully saturated rings. The molecule has 0 atom stereocenters. The van der Waals surface area contributed by atoms with Gasteiger partial charge in [-0.3, -0.25) is 4.57 Å². The molecular weight excluding hydrogens is 382 g/mol. The maximum absolute atomic E-state index is 11.6. The Morgan fingerprint density at radius 2 is 2.10 bits per heavy atom. The van der Waals surface area contributed by atoms with E-state index in [0.717, 1.165) is 15.6 Å². The van der Waals surface area contributed by atoms with Crippen molar-refractivity contribution in [2.75, 3.05) is 13.7 Å². The van der Waals surface area contributed by atoms with Crippen LogP contribution in [0, 0.1) is 6.92 Å². The van der Waals surface area contributed by atoms with E-state index < -0.39 is 9.05 Å². The van der Waals surface area contributed by atoms with Crippen molar-refractivity contribution in [3.05, 3.63) is 28.2 Å². The van der Waals surface area contributed by atoms with Crippen molar-refractivity contribution in [1.82, 2.24) is 14.8 Å². The quantitative estimate of drug-likeness (QED) is 0.729. The van der Waals surface area contributed by atoms with E-state index in [1.807, 2.05) is 25.1 Å². The van der Waals surface area contributed by atoms with Crippen LogP contribution in [0.25, 0.3) is 11.4 Å². The van der Waals surface area contributed by atoms with Crippen molar-refractivity contribution in [2.45, 2.75) is 18.6 Å². The Kier molecular flexibility index (Phi) is 5.03. The van der Waals surface area contributed by atoms with Crippen LogP contribution in [0.15, 0.2) is 27.8 Å². The highest BCUT2D eigenvalue weighted by Gasteiger charge is 2.24. The van der Waals surface area contributed by atoms with Gasteiger partial charge in [0.25, 0.3) is 14.2 Å². The van der Waals surface area contributed by atoms with E-state index in [1.165, 1.54) is 11.7 Å². The normalized spacial score (nSPS) is 11.8. The second-order valence-corrected chi connectivity index (χ2v) is 7.58. The molecule has 6 nitrogen and oxygen atoms in total. The Hall–Kier alpha value is -0.960. The van der Waals surface area contributed by atoms with Crippen LogP contribution in [0.3, 0.4) is 0 Å². The van der Waals surface area contributed by atoms with E-state index in [9.17, 15) is 8.42 Å². The fraction of sp³-hybridized carbons (Fsp3) is 0.333. The summed E-state index contributed by atoms with van der Waals surface area (Å²) in [6.07, 6.45) is 0. The summed E-state index contributed by atoms with van der Waals surface area (Å²) in [4.78, 5) is 0. The lowest BCUT2D eigenvalue weighted by molar-refractivity contribution is 0.185. The first-order chi connectivity index (χ1) is 9.86. The summed E-state index contributed by atoms with van der Waals surface area (Å²) in [5, 5.41) is 7.39. The Labute approximate surface area is 135 Å². The minimum Gasteiger partial charge on any atom is -0.383 e. The van der Waals surface area contributed by atoms with E-state index in [0.29, 0.717) is 12.4 Å². The van der Waals surface area contributed by atoms with Gasteiger partial charge in [-0.05, 0) is 28.4 Å². The molecular formula is C12H13BrClN3O3S. The molecule has 0 saturated carbocycles. The van der Waals surface area contributed by atoms with E-state index in [2.05, 4.69) is 26.1 Å². The molecule has 0 aliphatic carbocycles. The average Bonchev–Trinajstić information content (AvgIpc) is 2.83. The highest BCUT2D eigenvalue weighted by Crippen LogP contribution is 2.31. The molecule has 0 radical (unpaired) electrons. The molecule has 2 aromatic rings. The summed E-state index contributed by atoms with van der Waals surface area (Å²) in [5.74, 6) is 0.418. The maximum atomic E-state index is 11.6. The van der Waals surface area contributed by atoms with Gasteiger partial charge in [0.2, 0.25) is 0 Å². The van der Waals surface area contributed by atoms with Gasteiger partial charge in [-0.25, -0.2) is 8.42 Å². The average molecular weight is 395 g/mol. The molecule has 2 rings (SSSR count). The van der Waals surface area contributed by atoms with Gasteiger partial charge >= 0.3 is 0 Å². The zero-order chi connectivity index (χ0) is 15.6. The van der Waals surface area contributed by atoms with Crippen LogP contribution < -0.4 is 0 Å². The summed E-state index contributed by atoms with van der Waals surface area (Å²) < 4.78 is 30.5. The molecule has 21 heavy (non-hydrogen) atoms. The van der Waals surface area contributed by atoms with Crippen LogP contribution in [-0.2, 0) is 20.3 Å². The number of hydrogen-bond donors (Lipinski definition) is 0. The lowest BCUT2D eigenvalue weighted by atomic mass is 10.1. The van der Waals surface area contributed by atoms with Gasteiger partial charge < -0.3 is 4.74 Å². The molecule has 0 unspecified atom stereocenters. The van der Waals surface area contributed by atoms with Crippen LogP contribution in [0.2, 0.25) is 0 Å². The minimum absolute atomic E-state index is 0.278. The fourth-order valence-electron chi connectivity index (χ4n) is 1.87. The van der Waals surface area contributed by atoms with Crippen molar-refractivity contribution < 1.29 is 13.2 Å². The predicted molar refractivity (Wildman–Crippen MR) is 82.8 cm³/mol. The molecule has 0 bridgehead atoms. The summed E-state index contributed by atoms with van der Waals surface area (Å²) in [6, 6.07) is 5.62. The number of benzene rings is 1. The van der Waals surface area contributed by atoms with Gasteiger partial charge in [-0.15, -0.1) is 10.2 Å². The standard InChI is InChI=1S/C12H13BrClN3O3S/c1-8-4-3-5-9(10(8)13)11-15-16-12(21(14,18)19)17(11)6-7-20-2/h3-5H,6-7H2,1-2H3. The Morgan fingerprint density at radius 1 is 1.38 bits per heavy atom. The van der Waals surface area contributed by atoms with Gasteiger partial charge in [-0.1, -0.05) is 18.2 Å². The maximum Gasteiger partial charge on any atom is 0.296 e. The van der Waals surface area contributed by atoms with Gasteiger partial charge in [0.15, 0.2) is 5.82 Å². The molecule has 9 heteroatoms. The zero-order valence-electron chi connectivity index (χ0n) is 11.4. The topological polar surface area (TPSA) is 74.1 Å². The third-order valence-electron chi connectivity index (χ3n) is 2.89. The number of ether oxygens (including phenoxy) is 1. The number of rotatable bonds is 5. The SMILES string of the molecule is COCCn1c(-c2cccc(C)c2Br)nnc1S(=O)(=O)Cl. The number of aryl methyl sites for hydroxylation is 1. The number of nitrogens with zero attached hydrogens (tertiary/aromatic N) is 3. The van der Waals surface area contributed by atoms with Gasteiger partial charge in [-0.2, -0.15) is 0 Å². The van der Waals surface area contributed by atoms with E-state index in [4.69, 9.17) is 15.4 Å². The fourth-order valence-corrected chi connectivity index (χ4v) is 3.24. The largest absolute Gasteiger partial charge is 0.383 e. The van der Waals surface area contributed by atoms with Crippen molar-refractivity contribution in [3.63, 3.8) is 0 Å². The van der Waals surface area contributed by atoms with Gasteiger partial charge in [0.05, 0.1) is 13.2 Å². The lowest BCUT2D eigenvalue weighted by Crippen LogP contribution is -2.11. The highest BCUT2D eigenvalue weighted by atomic mass is 79.9. The molecule has 114 valence electrons. The molecule has 0 spiro atoms. The monoisotopic (exact) mass is 393 g/mol. The van der Waals surface area contributed by atoms with Crippen molar-refractivity contribution in [1.29, 1.82) is 0 Å². The van der Waals surface area contributed by atoms with Crippen LogP contribution in [0.4, 0.5) is 0 Å². The molecule has 0 amide bonds. The first-order valence-electron chi connectivity index (χ1n) is 5.98. The molecule has 1 heterocycles. The summed E-state index contributed by atoms with van der Waals surface area (Å²) in [7, 11) is 2.96. The van der Waals surface area contributed by atoms with E-state index >= 15 is 0 Å². The van der Waals surface area contributed by atoms with E-state index in [-0.39, 0.29) is 11.7 Å². The van der Waals surface area contributed by atoms with E-state index in [1.54, 1.807) is 0 Å². The highest BCUT2D eigenvalue weighted by molar-refractivity contribution is 9.10. The lowest BCUT2D eigenvalue weighted by Gasteiger charge is -2.10. The molecule has 1 aromatic heterocycles. The number of halogens is 2. The second kappa shape index (κ2) is 6.43. The Balaban J connectivity index is 2.64. The van der Waals surface area contributed by atoms with Crippen LogP contribution in [0.5, 0.6) is 0 Å². The van der Waals surface area contributed by atoms with Crippen LogP contribution in [0.1, 0.15) is 5.56 Å². The predicted octanol–water partition coefficient (Wildman–Crippen LogP) is 2.59. The summed E-state index contributed by atoms with van der Waals surface area (Å²) in [5.41, 5.74) is 1.74. The van der Waals surface area contributed by atoms with Crippen LogP contribution >= 0.6 is 26.6 Å². The number of hydrogen-bond acceptors (Lipinski definition) is 5. The number of methoxy groups -OCH3 is 1. The molecule has 0 saturated heterocycles. The minimum atomic E-state index is -3.98. The molecule has 0 aliphatic heterocycles. The molecule has 1 aromatic carbocycles. The van der Waals surface area contributed by atoms with Crippen molar-refractivity contribution in [2.24, 2.45) is 0 Å². The first kappa shape index (κ1) is 16.4. The van der Waals surface area contributed by atoms with Crippen molar-refractivity contribution in [3.8, 4) is 11.4 Å². The summed E-state index contributed by atoms with van der Waals surface area (Å²) in [6.45, 7) is 2.52. The van der Waals surface area contributed by atoms with Crippen molar-refractivity contribution >= 4 is 35.7 Å². The third kappa shape index (κ3) is 3.45. The van der Waals surface area contributed by atoms with Gasteiger partial charge in [0, 0.05) is 27.8 Å².